The normalized spacial score (nSPS) is 28.0. The maximum Gasteiger partial charge on any atom is 0.224 e. The van der Waals surface area contributed by atoms with E-state index in [1.807, 2.05) is 0 Å². The summed E-state index contributed by atoms with van der Waals surface area (Å²) in [6, 6.07) is 0. The highest BCUT2D eigenvalue weighted by Gasteiger charge is 2.22. The summed E-state index contributed by atoms with van der Waals surface area (Å²) < 4.78 is 0. The van der Waals surface area contributed by atoms with Crippen LogP contribution in [0.15, 0.2) is 0 Å². The summed E-state index contributed by atoms with van der Waals surface area (Å²) in [5.74, 6) is 1.34. The fourth-order valence-corrected chi connectivity index (χ4v) is 2.71. The van der Waals surface area contributed by atoms with Crippen molar-refractivity contribution in [1.82, 2.24) is 10.6 Å². The van der Waals surface area contributed by atoms with E-state index >= 15 is 0 Å². The van der Waals surface area contributed by atoms with Crippen LogP contribution in [-0.2, 0) is 4.79 Å². The van der Waals surface area contributed by atoms with Gasteiger partial charge in [-0.2, -0.15) is 0 Å². The van der Waals surface area contributed by atoms with Crippen LogP contribution in [0.1, 0.15) is 38.5 Å². The van der Waals surface area contributed by atoms with E-state index in [1.54, 1.807) is 0 Å². The van der Waals surface area contributed by atoms with Crippen molar-refractivity contribution >= 4 is 5.91 Å². The van der Waals surface area contributed by atoms with E-state index in [-0.39, 0.29) is 11.8 Å². The zero-order valence-electron chi connectivity index (χ0n) is 9.43. The van der Waals surface area contributed by atoms with E-state index < -0.39 is 0 Å². The van der Waals surface area contributed by atoms with Gasteiger partial charge in [-0.25, -0.2) is 0 Å². The minimum atomic E-state index is 0.222. The molecule has 1 saturated heterocycles. The van der Waals surface area contributed by atoms with Gasteiger partial charge in [0.25, 0.3) is 0 Å². The lowest BCUT2D eigenvalue weighted by molar-refractivity contribution is -0.126. The van der Waals surface area contributed by atoms with Crippen LogP contribution in [0.3, 0.4) is 0 Å². The molecule has 3 heteroatoms. The molecule has 0 bridgehead atoms. The lowest BCUT2D eigenvalue weighted by atomic mass is 9.98. The number of hydrogen-bond acceptors (Lipinski definition) is 2. The average molecular weight is 210 g/mol. The van der Waals surface area contributed by atoms with Crippen LogP contribution in [0.2, 0.25) is 0 Å². The van der Waals surface area contributed by atoms with Crippen molar-refractivity contribution in [1.29, 1.82) is 0 Å². The molecule has 1 amide bonds. The highest BCUT2D eigenvalue weighted by atomic mass is 16.1. The molecule has 1 aliphatic heterocycles. The minimum absolute atomic E-state index is 0.222. The van der Waals surface area contributed by atoms with Gasteiger partial charge in [-0.1, -0.05) is 12.8 Å². The highest BCUT2D eigenvalue weighted by molar-refractivity contribution is 5.79. The summed E-state index contributed by atoms with van der Waals surface area (Å²) in [6.45, 7) is 2.87. The Morgan fingerprint density at radius 3 is 2.67 bits per heavy atom. The number of nitrogens with one attached hydrogen (secondary N) is 2. The van der Waals surface area contributed by atoms with Crippen LogP contribution in [-0.4, -0.2) is 25.5 Å². The van der Waals surface area contributed by atoms with E-state index in [0.717, 1.165) is 38.4 Å². The fraction of sp³-hybridized carbons (Fsp3) is 0.917. The van der Waals surface area contributed by atoms with Crippen LogP contribution in [0.4, 0.5) is 0 Å². The van der Waals surface area contributed by atoms with Gasteiger partial charge in [-0.05, 0) is 38.1 Å². The smallest absolute Gasteiger partial charge is 0.224 e. The Labute approximate surface area is 92.0 Å². The molecule has 2 rings (SSSR count). The molecule has 1 aliphatic carbocycles. The fourth-order valence-electron chi connectivity index (χ4n) is 2.71. The van der Waals surface area contributed by atoms with Crippen LogP contribution >= 0.6 is 0 Å². The standard InChI is InChI=1S/C12H22N2O/c15-12-11(6-3-7-14-12)9-13-8-10-4-1-2-5-10/h10-11,13H,1-9H2,(H,14,15). The zero-order chi connectivity index (χ0) is 10.5. The molecular weight excluding hydrogens is 188 g/mol. The molecule has 0 aromatic rings. The molecule has 86 valence electrons. The van der Waals surface area contributed by atoms with Crippen molar-refractivity contribution < 1.29 is 4.79 Å². The summed E-state index contributed by atoms with van der Waals surface area (Å²) in [4.78, 5) is 11.5. The Balaban J connectivity index is 1.61. The van der Waals surface area contributed by atoms with Gasteiger partial charge < -0.3 is 10.6 Å². The number of piperidine rings is 1. The number of carbonyl (C=O) groups excluding carboxylic acids is 1. The van der Waals surface area contributed by atoms with Gasteiger partial charge in [0.15, 0.2) is 0 Å². The second kappa shape index (κ2) is 5.50. The highest BCUT2D eigenvalue weighted by Crippen LogP contribution is 2.23. The first-order valence-electron chi connectivity index (χ1n) is 6.34. The molecule has 1 unspecified atom stereocenters. The van der Waals surface area contributed by atoms with E-state index in [1.165, 1.54) is 25.7 Å². The summed E-state index contributed by atoms with van der Waals surface area (Å²) in [5.41, 5.74) is 0. The molecule has 2 fully saturated rings. The third kappa shape index (κ3) is 3.20. The molecule has 2 N–H and O–H groups in total. The first-order chi connectivity index (χ1) is 7.36. The third-order valence-corrected chi connectivity index (χ3v) is 3.70. The molecule has 0 aromatic carbocycles. The molecule has 1 saturated carbocycles. The quantitative estimate of drug-likeness (QED) is 0.734. The molecule has 0 spiro atoms. The van der Waals surface area contributed by atoms with Crippen molar-refractivity contribution in [2.75, 3.05) is 19.6 Å². The second-order valence-corrected chi connectivity index (χ2v) is 4.94. The molecule has 15 heavy (non-hydrogen) atoms. The predicted molar refractivity (Wildman–Crippen MR) is 60.6 cm³/mol. The molecule has 2 aliphatic rings. The predicted octanol–water partition coefficient (Wildman–Crippen LogP) is 1.29. The van der Waals surface area contributed by atoms with Crippen LogP contribution < -0.4 is 10.6 Å². The average Bonchev–Trinajstić information content (AvgIpc) is 2.74. The van der Waals surface area contributed by atoms with Gasteiger partial charge in [0.05, 0.1) is 5.92 Å². The molecular formula is C12H22N2O. The van der Waals surface area contributed by atoms with E-state index in [0.29, 0.717) is 0 Å². The molecule has 0 radical (unpaired) electrons. The molecule has 0 aromatic heterocycles. The Kier molecular flexibility index (Phi) is 4.01. The van der Waals surface area contributed by atoms with E-state index in [9.17, 15) is 4.79 Å². The molecule has 3 nitrogen and oxygen atoms in total. The van der Waals surface area contributed by atoms with Gasteiger partial charge in [-0.3, -0.25) is 4.79 Å². The van der Waals surface area contributed by atoms with Gasteiger partial charge in [-0.15, -0.1) is 0 Å². The van der Waals surface area contributed by atoms with Crippen LogP contribution in [0.5, 0.6) is 0 Å². The molecule has 1 heterocycles. The van der Waals surface area contributed by atoms with Crippen molar-refractivity contribution in [2.45, 2.75) is 38.5 Å². The van der Waals surface area contributed by atoms with Gasteiger partial charge in [0.1, 0.15) is 0 Å². The Morgan fingerprint density at radius 1 is 1.13 bits per heavy atom. The SMILES string of the molecule is O=C1NCCCC1CNCC1CCCC1. The lowest BCUT2D eigenvalue weighted by Gasteiger charge is -2.22. The van der Waals surface area contributed by atoms with E-state index in [2.05, 4.69) is 10.6 Å². The number of hydrogen-bond donors (Lipinski definition) is 2. The maximum absolute atomic E-state index is 11.5. The van der Waals surface area contributed by atoms with Crippen LogP contribution in [0.25, 0.3) is 0 Å². The largest absolute Gasteiger partial charge is 0.356 e. The number of rotatable bonds is 4. The zero-order valence-corrected chi connectivity index (χ0v) is 9.43. The Morgan fingerprint density at radius 2 is 1.93 bits per heavy atom. The van der Waals surface area contributed by atoms with Crippen molar-refractivity contribution in [2.24, 2.45) is 11.8 Å². The number of amides is 1. The minimum Gasteiger partial charge on any atom is -0.356 e. The monoisotopic (exact) mass is 210 g/mol. The first-order valence-corrected chi connectivity index (χ1v) is 6.34. The van der Waals surface area contributed by atoms with Gasteiger partial charge in [0, 0.05) is 13.1 Å². The van der Waals surface area contributed by atoms with E-state index in [4.69, 9.17) is 0 Å². The van der Waals surface area contributed by atoms with Crippen molar-refractivity contribution in [3.05, 3.63) is 0 Å². The maximum atomic E-state index is 11.5. The first kappa shape index (κ1) is 10.9. The van der Waals surface area contributed by atoms with Crippen LogP contribution in [0, 0.1) is 11.8 Å². The molecule has 1 atom stereocenters. The Bertz CT molecular complexity index is 212. The number of carbonyl (C=O) groups is 1. The summed E-state index contributed by atoms with van der Waals surface area (Å²) in [6.07, 6.45) is 7.76. The third-order valence-electron chi connectivity index (χ3n) is 3.70. The Hall–Kier alpha value is -0.570. The summed E-state index contributed by atoms with van der Waals surface area (Å²) in [5, 5.41) is 6.40. The van der Waals surface area contributed by atoms with Crippen molar-refractivity contribution in [3.63, 3.8) is 0 Å². The lowest BCUT2D eigenvalue weighted by Crippen LogP contribution is -2.42. The second-order valence-electron chi connectivity index (χ2n) is 4.94. The van der Waals surface area contributed by atoms with Crippen molar-refractivity contribution in [3.8, 4) is 0 Å². The topological polar surface area (TPSA) is 41.1 Å². The van der Waals surface area contributed by atoms with Gasteiger partial charge in [0.2, 0.25) is 5.91 Å². The summed E-state index contributed by atoms with van der Waals surface area (Å²) >= 11 is 0. The summed E-state index contributed by atoms with van der Waals surface area (Å²) in [7, 11) is 0. The van der Waals surface area contributed by atoms with Gasteiger partial charge >= 0.3 is 0 Å².